The molecule has 0 bridgehead atoms. The number of nitrogens with zero attached hydrogens (tertiary/aromatic N) is 2. The maximum atomic E-state index is 12.9. The van der Waals surface area contributed by atoms with Gasteiger partial charge >= 0.3 is 0 Å². The highest BCUT2D eigenvalue weighted by Gasteiger charge is 2.24. The SMILES string of the molecule is CN=C(NCCNC(=O)Cc1ccc(F)cc1)NCC(c1ccco1)N1CCCCC1. The lowest BCUT2D eigenvalue weighted by molar-refractivity contribution is -0.120. The van der Waals surface area contributed by atoms with Gasteiger partial charge in [-0.3, -0.25) is 14.7 Å². The van der Waals surface area contributed by atoms with E-state index >= 15 is 0 Å². The standard InChI is InChI=1S/C23H32FN5O2/c1-25-23(27-12-11-26-22(30)16-18-7-9-19(24)10-8-18)28-17-20(21-6-5-15-31-21)29-13-3-2-4-14-29/h5-10,15,20H,2-4,11-14,16-17H2,1H3,(H,26,30)(H2,25,27,28). The van der Waals surface area contributed by atoms with E-state index in [1.165, 1.54) is 31.4 Å². The Kier molecular flexibility index (Phi) is 8.90. The fourth-order valence-electron chi connectivity index (χ4n) is 3.77. The molecular formula is C23H32FN5O2. The van der Waals surface area contributed by atoms with Gasteiger partial charge in [0.25, 0.3) is 0 Å². The zero-order chi connectivity index (χ0) is 21.9. The fraction of sp³-hybridized carbons (Fsp3) is 0.478. The molecule has 1 unspecified atom stereocenters. The van der Waals surface area contributed by atoms with Crippen molar-refractivity contribution in [3.05, 3.63) is 59.8 Å². The first-order chi connectivity index (χ1) is 15.2. The van der Waals surface area contributed by atoms with Crippen LogP contribution in [0.4, 0.5) is 4.39 Å². The van der Waals surface area contributed by atoms with E-state index in [4.69, 9.17) is 4.42 Å². The first-order valence-corrected chi connectivity index (χ1v) is 10.9. The minimum absolute atomic E-state index is 0.0978. The van der Waals surface area contributed by atoms with Gasteiger partial charge in [0.15, 0.2) is 5.96 Å². The second-order valence-corrected chi connectivity index (χ2v) is 7.66. The molecule has 1 aliphatic heterocycles. The Hall–Kier alpha value is -2.87. The maximum Gasteiger partial charge on any atom is 0.224 e. The van der Waals surface area contributed by atoms with Gasteiger partial charge < -0.3 is 20.4 Å². The predicted molar refractivity (Wildman–Crippen MR) is 119 cm³/mol. The second-order valence-electron chi connectivity index (χ2n) is 7.66. The Bertz CT molecular complexity index is 817. The van der Waals surface area contributed by atoms with Gasteiger partial charge in [0.1, 0.15) is 11.6 Å². The summed E-state index contributed by atoms with van der Waals surface area (Å²) < 4.78 is 18.6. The largest absolute Gasteiger partial charge is 0.468 e. The Balaban J connectivity index is 1.40. The third-order valence-electron chi connectivity index (χ3n) is 5.41. The molecule has 3 N–H and O–H groups in total. The normalized spacial score (nSPS) is 16.0. The minimum atomic E-state index is -0.304. The number of rotatable bonds is 9. The smallest absolute Gasteiger partial charge is 0.224 e. The number of piperidine rings is 1. The van der Waals surface area contributed by atoms with Crippen molar-refractivity contribution in [2.45, 2.75) is 31.7 Å². The van der Waals surface area contributed by atoms with Crippen molar-refractivity contribution >= 4 is 11.9 Å². The molecule has 0 saturated carbocycles. The molecule has 8 heteroatoms. The summed E-state index contributed by atoms with van der Waals surface area (Å²) in [6, 6.07) is 10.1. The van der Waals surface area contributed by atoms with Crippen LogP contribution in [0.5, 0.6) is 0 Å². The van der Waals surface area contributed by atoms with Crippen LogP contribution in [0.1, 0.15) is 36.6 Å². The van der Waals surface area contributed by atoms with E-state index in [0.29, 0.717) is 25.6 Å². The van der Waals surface area contributed by atoms with E-state index in [2.05, 4.69) is 25.8 Å². The van der Waals surface area contributed by atoms with Gasteiger partial charge in [-0.25, -0.2) is 4.39 Å². The maximum absolute atomic E-state index is 12.9. The number of benzene rings is 1. The Morgan fingerprint density at radius 1 is 1.10 bits per heavy atom. The van der Waals surface area contributed by atoms with E-state index in [1.54, 1.807) is 25.4 Å². The summed E-state index contributed by atoms with van der Waals surface area (Å²) in [5, 5.41) is 9.47. The number of aliphatic imine (C=N–C) groups is 1. The number of hydrogen-bond acceptors (Lipinski definition) is 4. The Morgan fingerprint density at radius 3 is 2.52 bits per heavy atom. The number of guanidine groups is 1. The number of halogens is 1. The summed E-state index contributed by atoms with van der Waals surface area (Å²) in [5.74, 6) is 1.24. The topological polar surface area (TPSA) is 81.9 Å². The van der Waals surface area contributed by atoms with Crippen LogP contribution in [0, 0.1) is 5.82 Å². The van der Waals surface area contributed by atoms with Gasteiger partial charge in [-0.05, 0) is 55.8 Å². The molecule has 1 saturated heterocycles. The molecule has 7 nitrogen and oxygen atoms in total. The van der Waals surface area contributed by atoms with Crippen LogP contribution in [-0.2, 0) is 11.2 Å². The molecule has 2 heterocycles. The number of amides is 1. The summed E-state index contributed by atoms with van der Waals surface area (Å²) in [4.78, 5) is 18.8. The summed E-state index contributed by atoms with van der Waals surface area (Å²) in [6.07, 6.45) is 5.65. The summed E-state index contributed by atoms with van der Waals surface area (Å²) >= 11 is 0. The van der Waals surface area contributed by atoms with Crippen molar-refractivity contribution in [2.24, 2.45) is 4.99 Å². The molecule has 0 spiro atoms. The molecular weight excluding hydrogens is 397 g/mol. The van der Waals surface area contributed by atoms with E-state index in [0.717, 1.165) is 24.4 Å². The second kappa shape index (κ2) is 12.1. The van der Waals surface area contributed by atoms with E-state index in [9.17, 15) is 9.18 Å². The molecule has 1 amide bonds. The lowest BCUT2D eigenvalue weighted by Gasteiger charge is -2.33. The monoisotopic (exact) mass is 429 g/mol. The van der Waals surface area contributed by atoms with Crippen molar-refractivity contribution in [2.75, 3.05) is 39.8 Å². The number of carbonyl (C=O) groups is 1. The molecule has 0 aliphatic carbocycles. The zero-order valence-corrected chi connectivity index (χ0v) is 18.1. The highest BCUT2D eigenvalue weighted by molar-refractivity contribution is 5.80. The van der Waals surface area contributed by atoms with Gasteiger partial charge in [-0.1, -0.05) is 18.6 Å². The fourth-order valence-corrected chi connectivity index (χ4v) is 3.77. The average Bonchev–Trinajstić information content (AvgIpc) is 3.32. The number of nitrogens with one attached hydrogen (secondary N) is 3. The van der Waals surface area contributed by atoms with Gasteiger partial charge in [-0.2, -0.15) is 0 Å². The first kappa shape index (κ1) is 22.8. The van der Waals surface area contributed by atoms with Gasteiger partial charge in [0, 0.05) is 26.7 Å². The van der Waals surface area contributed by atoms with E-state index in [-0.39, 0.29) is 24.2 Å². The number of furan rings is 1. The van der Waals surface area contributed by atoms with Gasteiger partial charge in [0.2, 0.25) is 5.91 Å². The summed E-state index contributed by atoms with van der Waals surface area (Å²) in [7, 11) is 1.73. The predicted octanol–water partition coefficient (Wildman–Crippen LogP) is 2.47. The van der Waals surface area contributed by atoms with Crippen molar-refractivity contribution < 1.29 is 13.6 Å². The summed E-state index contributed by atoms with van der Waals surface area (Å²) in [6.45, 7) is 3.83. The van der Waals surface area contributed by atoms with Crippen molar-refractivity contribution in [1.82, 2.24) is 20.9 Å². The molecule has 1 atom stereocenters. The van der Waals surface area contributed by atoms with Crippen LogP contribution in [0.15, 0.2) is 52.1 Å². The van der Waals surface area contributed by atoms with E-state index in [1.807, 2.05) is 12.1 Å². The zero-order valence-electron chi connectivity index (χ0n) is 18.1. The van der Waals surface area contributed by atoms with Crippen molar-refractivity contribution in [3.8, 4) is 0 Å². The average molecular weight is 430 g/mol. The lowest BCUT2D eigenvalue weighted by Crippen LogP contribution is -2.46. The molecule has 2 aromatic rings. The Labute approximate surface area is 183 Å². The van der Waals surface area contributed by atoms with Crippen LogP contribution in [-0.4, -0.2) is 56.5 Å². The summed E-state index contributed by atoms with van der Waals surface area (Å²) in [5.41, 5.74) is 0.783. The van der Waals surface area contributed by atoms with Crippen molar-refractivity contribution in [1.29, 1.82) is 0 Å². The highest BCUT2D eigenvalue weighted by atomic mass is 19.1. The molecule has 0 radical (unpaired) electrons. The first-order valence-electron chi connectivity index (χ1n) is 10.9. The molecule has 1 fully saturated rings. The van der Waals surface area contributed by atoms with E-state index < -0.39 is 0 Å². The number of carbonyl (C=O) groups excluding carboxylic acids is 1. The van der Waals surface area contributed by atoms with Crippen LogP contribution >= 0.6 is 0 Å². The third-order valence-corrected chi connectivity index (χ3v) is 5.41. The lowest BCUT2D eigenvalue weighted by atomic mass is 10.1. The molecule has 3 rings (SSSR count). The minimum Gasteiger partial charge on any atom is -0.468 e. The highest BCUT2D eigenvalue weighted by Crippen LogP contribution is 2.24. The van der Waals surface area contributed by atoms with Crippen LogP contribution < -0.4 is 16.0 Å². The number of hydrogen-bond donors (Lipinski definition) is 3. The molecule has 168 valence electrons. The molecule has 1 aromatic heterocycles. The van der Waals surface area contributed by atoms with Crippen LogP contribution in [0.2, 0.25) is 0 Å². The third kappa shape index (κ3) is 7.40. The van der Waals surface area contributed by atoms with Crippen LogP contribution in [0.25, 0.3) is 0 Å². The van der Waals surface area contributed by atoms with Crippen LogP contribution in [0.3, 0.4) is 0 Å². The molecule has 1 aliphatic rings. The van der Waals surface area contributed by atoms with Gasteiger partial charge in [0.05, 0.1) is 18.7 Å². The van der Waals surface area contributed by atoms with Gasteiger partial charge in [-0.15, -0.1) is 0 Å². The molecule has 1 aromatic carbocycles. The molecule has 31 heavy (non-hydrogen) atoms. The van der Waals surface area contributed by atoms with Crippen molar-refractivity contribution in [3.63, 3.8) is 0 Å². The Morgan fingerprint density at radius 2 is 1.84 bits per heavy atom. The number of likely N-dealkylation sites (tertiary alicyclic amines) is 1. The quantitative estimate of drug-likeness (QED) is 0.324.